The second-order valence-electron chi connectivity index (χ2n) is 5.71. The van der Waals surface area contributed by atoms with Crippen LogP contribution in [0.15, 0.2) is 24.3 Å². The molecule has 0 spiro atoms. The quantitative estimate of drug-likeness (QED) is 0.671. The van der Waals surface area contributed by atoms with E-state index >= 15 is 0 Å². The molecular formula is C17H24N2O4. The second kappa shape index (κ2) is 7.97. The number of hydrogen-bond donors (Lipinski definition) is 3. The van der Waals surface area contributed by atoms with E-state index in [4.69, 9.17) is 9.84 Å². The van der Waals surface area contributed by atoms with Gasteiger partial charge in [-0.15, -0.1) is 0 Å². The summed E-state index contributed by atoms with van der Waals surface area (Å²) in [5.74, 6) is -0.857. The number of urea groups is 1. The van der Waals surface area contributed by atoms with E-state index in [0.717, 1.165) is 18.4 Å². The van der Waals surface area contributed by atoms with Crippen LogP contribution in [0.4, 0.5) is 4.79 Å². The standard InChI is InChI=1S/C17H24N2O4/c1-2-17(12-19-16(22)18-10-5-8-15(20)21)14-7-4-3-6-13(14)9-11-23-17/h3-4,6-7H,2,5,8-12H2,1H3,(H,20,21)(H2,18,19,22). The molecule has 0 bridgehead atoms. The minimum atomic E-state index is -0.857. The Morgan fingerprint density at radius 3 is 2.83 bits per heavy atom. The summed E-state index contributed by atoms with van der Waals surface area (Å²) in [5, 5.41) is 14.1. The third-order valence-corrected chi connectivity index (χ3v) is 4.22. The Bertz CT molecular complexity index is 561. The van der Waals surface area contributed by atoms with Gasteiger partial charge in [0.1, 0.15) is 5.60 Å². The van der Waals surface area contributed by atoms with Crippen molar-refractivity contribution < 1.29 is 19.4 Å². The molecule has 0 saturated heterocycles. The van der Waals surface area contributed by atoms with E-state index in [1.807, 2.05) is 12.1 Å². The molecule has 1 aromatic rings. The summed E-state index contributed by atoms with van der Waals surface area (Å²) in [4.78, 5) is 22.3. The number of carboxylic acids is 1. The first-order chi connectivity index (χ1) is 11.1. The summed E-state index contributed by atoms with van der Waals surface area (Å²) in [5.41, 5.74) is 1.91. The van der Waals surface area contributed by atoms with E-state index in [9.17, 15) is 9.59 Å². The number of ether oxygens (including phenoxy) is 1. The van der Waals surface area contributed by atoms with Crippen molar-refractivity contribution >= 4 is 12.0 Å². The molecule has 1 unspecified atom stereocenters. The molecule has 1 atom stereocenters. The average molecular weight is 320 g/mol. The fourth-order valence-electron chi connectivity index (χ4n) is 2.91. The van der Waals surface area contributed by atoms with E-state index in [-0.39, 0.29) is 12.5 Å². The van der Waals surface area contributed by atoms with Crippen LogP contribution < -0.4 is 10.6 Å². The second-order valence-corrected chi connectivity index (χ2v) is 5.71. The number of benzene rings is 1. The molecule has 0 aliphatic carbocycles. The fraction of sp³-hybridized carbons (Fsp3) is 0.529. The van der Waals surface area contributed by atoms with E-state index in [1.165, 1.54) is 5.56 Å². The van der Waals surface area contributed by atoms with Crippen LogP contribution in [0.3, 0.4) is 0 Å². The third-order valence-electron chi connectivity index (χ3n) is 4.22. The number of carboxylic acid groups (broad SMARTS) is 1. The molecular weight excluding hydrogens is 296 g/mol. The average Bonchev–Trinajstić information content (AvgIpc) is 2.56. The van der Waals surface area contributed by atoms with Crippen molar-refractivity contribution in [3.05, 3.63) is 35.4 Å². The molecule has 23 heavy (non-hydrogen) atoms. The van der Waals surface area contributed by atoms with Gasteiger partial charge in [0.05, 0.1) is 13.2 Å². The van der Waals surface area contributed by atoms with Crippen LogP contribution in [-0.2, 0) is 21.6 Å². The van der Waals surface area contributed by atoms with Crippen molar-refractivity contribution in [1.82, 2.24) is 10.6 Å². The van der Waals surface area contributed by atoms with Crippen molar-refractivity contribution in [2.45, 2.75) is 38.2 Å². The minimum absolute atomic E-state index is 0.0513. The number of nitrogens with one attached hydrogen (secondary N) is 2. The first-order valence-corrected chi connectivity index (χ1v) is 8.03. The van der Waals surface area contributed by atoms with E-state index in [0.29, 0.717) is 26.1 Å². The lowest BCUT2D eigenvalue weighted by Crippen LogP contribution is -2.48. The third kappa shape index (κ3) is 4.45. The molecule has 3 N–H and O–H groups in total. The van der Waals surface area contributed by atoms with Gasteiger partial charge < -0.3 is 20.5 Å². The van der Waals surface area contributed by atoms with Crippen LogP contribution in [0.2, 0.25) is 0 Å². The summed E-state index contributed by atoms with van der Waals surface area (Å²) >= 11 is 0. The van der Waals surface area contributed by atoms with Crippen LogP contribution in [-0.4, -0.2) is 36.8 Å². The largest absolute Gasteiger partial charge is 0.481 e. The van der Waals surface area contributed by atoms with Crippen LogP contribution in [0.25, 0.3) is 0 Å². The number of fused-ring (bicyclic) bond motifs is 1. The predicted octanol–water partition coefficient (Wildman–Crippen LogP) is 2.03. The summed E-state index contributed by atoms with van der Waals surface area (Å²) in [6, 6.07) is 7.88. The van der Waals surface area contributed by atoms with Gasteiger partial charge in [0.15, 0.2) is 0 Å². The SMILES string of the molecule is CCC1(CNC(=O)NCCCC(=O)O)OCCc2ccccc21. The highest BCUT2D eigenvalue weighted by molar-refractivity contribution is 5.74. The van der Waals surface area contributed by atoms with E-state index in [1.54, 1.807) is 0 Å². The first kappa shape index (κ1) is 17.3. The Morgan fingerprint density at radius 2 is 2.09 bits per heavy atom. The number of aliphatic carboxylic acids is 1. The molecule has 0 saturated carbocycles. The molecule has 1 heterocycles. The zero-order chi connectivity index (χ0) is 16.7. The van der Waals surface area contributed by atoms with Crippen molar-refractivity contribution in [2.75, 3.05) is 19.7 Å². The molecule has 0 aromatic heterocycles. The Balaban J connectivity index is 1.90. The van der Waals surface area contributed by atoms with Crippen molar-refractivity contribution in [1.29, 1.82) is 0 Å². The number of rotatable bonds is 7. The van der Waals surface area contributed by atoms with Gasteiger partial charge in [-0.25, -0.2) is 4.79 Å². The Morgan fingerprint density at radius 1 is 1.30 bits per heavy atom. The van der Waals surface area contributed by atoms with Gasteiger partial charge in [0, 0.05) is 13.0 Å². The van der Waals surface area contributed by atoms with Gasteiger partial charge in [0.25, 0.3) is 0 Å². The maximum absolute atomic E-state index is 11.9. The molecule has 0 radical (unpaired) electrons. The van der Waals surface area contributed by atoms with Gasteiger partial charge in [-0.2, -0.15) is 0 Å². The normalized spacial score (nSPS) is 19.7. The number of carbonyl (C=O) groups excluding carboxylic acids is 1. The molecule has 1 aliphatic heterocycles. The number of carbonyl (C=O) groups is 2. The van der Waals surface area contributed by atoms with E-state index in [2.05, 4.69) is 29.7 Å². The Labute approximate surface area is 136 Å². The lowest BCUT2D eigenvalue weighted by Gasteiger charge is -2.38. The van der Waals surface area contributed by atoms with Gasteiger partial charge in [-0.1, -0.05) is 31.2 Å². The Hall–Kier alpha value is -2.08. The summed E-state index contributed by atoms with van der Waals surface area (Å²) in [6.45, 7) is 3.43. The fourth-order valence-corrected chi connectivity index (χ4v) is 2.91. The summed E-state index contributed by atoms with van der Waals surface area (Å²) in [7, 11) is 0. The molecule has 0 fully saturated rings. The van der Waals surface area contributed by atoms with Gasteiger partial charge in [0.2, 0.25) is 0 Å². The Kier molecular flexibility index (Phi) is 5.98. The van der Waals surface area contributed by atoms with Crippen molar-refractivity contribution in [3.8, 4) is 0 Å². The predicted molar refractivity (Wildman–Crippen MR) is 86.3 cm³/mol. The molecule has 2 amide bonds. The van der Waals surface area contributed by atoms with Crippen molar-refractivity contribution in [3.63, 3.8) is 0 Å². The van der Waals surface area contributed by atoms with Crippen LogP contribution >= 0.6 is 0 Å². The molecule has 1 aliphatic rings. The highest BCUT2D eigenvalue weighted by Crippen LogP contribution is 2.35. The van der Waals surface area contributed by atoms with Crippen LogP contribution in [0, 0.1) is 0 Å². The van der Waals surface area contributed by atoms with Crippen molar-refractivity contribution in [2.24, 2.45) is 0 Å². The highest BCUT2D eigenvalue weighted by atomic mass is 16.5. The van der Waals surface area contributed by atoms with Gasteiger partial charge >= 0.3 is 12.0 Å². The lowest BCUT2D eigenvalue weighted by molar-refractivity contribution is -0.137. The first-order valence-electron chi connectivity index (χ1n) is 8.03. The maximum Gasteiger partial charge on any atom is 0.314 e. The van der Waals surface area contributed by atoms with Gasteiger partial charge in [-0.05, 0) is 30.4 Å². The molecule has 1 aromatic carbocycles. The number of hydrogen-bond acceptors (Lipinski definition) is 3. The number of amides is 2. The molecule has 126 valence electrons. The summed E-state index contributed by atoms with van der Waals surface area (Å²) < 4.78 is 6.03. The lowest BCUT2D eigenvalue weighted by atomic mass is 9.84. The monoisotopic (exact) mass is 320 g/mol. The summed E-state index contributed by atoms with van der Waals surface area (Å²) in [6.07, 6.45) is 2.12. The van der Waals surface area contributed by atoms with Gasteiger partial charge in [-0.3, -0.25) is 4.79 Å². The molecule has 6 nitrogen and oxygen atoms in total. The smallest absolute Gasteiger partial charge is 0.314 e. The molecule has 6 heteroatoms. The minimum Gasteiger partial charge on any atom is -0.481 e. The van der Waals surface area contributed by atoms with E-state index < -0.39 is 11.6 Å². The maximum atomic E-state index is 11.9. The van der Waals surface area contributed by atoms with Crippen LogP contribution in [0.5, 0.6) is 0 Å². The molecule has 2 rings (SSSR count). The zero-order valence-electron chi connectivity index (χ0n) is 13.4. The topological polar surface area (TPSA) is 87.7 Å². The van der Waals surface area contributed by atoms with Crippen LogP contribution in [0.1, 0.15) is 37.3 Å². The zero-order valence-corrected chi connectivity index (χ0v) is 13.4. The highest BCUT2D eigenvalue weighted by Gasteiger charge is 2.36.